The molecule has 0 aliphatic heterocycles. The lowest BCUT2D eigenvalue weighted by Crippen LogP contribution is -1.91. The summed E-state index contributed by atoms with van der Waals surface area (Å²) in [6.07, 6.45) is 3.17. The molecule has 0 saturated carbocycles. The summed E-state index contributed by atoms with van der Waals surface area (Å²) in [5.41, 5.74) is 7.31. The molecule has 0 N–H and O–H groups in total. The lowest BCUT2D eigenvalue weighted by molar-refractivity contribution is 0.977. The van der Waals surface area contributed by atoms with Crippen molar-refractivity contribution < 1.29 is 0 Å². The summed E-state index contributed by atoms with van der Waals surface area (Å²) in [6.45, 7) is 3.96. The van der Waals surface area contributed by atoms with Crippen LogP contribution in [0.3, 0.4) is 0 Å². The first-order chi connectivity index (χ1) is 7.90. The van der Waals surface area contributed by atoms with Crippen LogP contribution >= 0.6 is 0 Å². The average Bonchev–Trinajstić information content (AvgIpc) is 2.69. The maximum atomic E-state index is 3.96. The fourth-order valence-corrected chi connectivity index (χ4v) is 2.65. The molecule has 1 aliphatic rings. The summed E-state index contributed by atoms with van der Waals surface area (Å²) in [5.74, 6) is 0. The molecule has 0 amide bonds. The molecule has 0 unspecified atom stereocenters. The number of aryl methyl sites for hydroxylation is 1. The Morgan fingerprint density at radius 1 is 0.938 bits per heavy atom. The molecule has 3 rings (SSSR count). The smallest absolute Gasteiger partial charge is 0.00107 e. The van der Waals surface area contributed by atoms with E-state index in [-0.39, 0.29) is 0 Å². The number of rotatable bonds is 2. The molecule has 16 heavy (non-hydrogen) atoms. The third kappa shape index (κ3) is 1.37. The standard InChI is InChI=1S/C16H15/c1-2-6-12-8-5-10-15-14-9-4-3-7-13(14)11-16(12)15/h3-5,7-10H,1-2,6,11H2. The van der Waals surface area contributed by atoms with Gasteiger partial charge in [-0.2, -0.15) is 0 Å². The van der Waals surface area contributed by atoms with E-state index in [0.717, 1.165) is 19.3 Å². The first kappa shape index (κ1) is 9.65. The van der Waals surface area contributed by atoms with E-state index in [4.69, 9.17) is 0 Å². The van der Waals surface area contributed by atoms with E-state index in [1.807, 2.05) is 0 Å². The Labute approximate surface area is 96.9 Å². The van der Waals surface area contributed by atoms with Crippen molar-refractivity contribution in [1.82, 2.24) is 0 Å². The Bertz CT molecular complexity index is 523. The van der Waals surface area contributed by atoms with Crippen LogP contribution in [0.2, 0.25) is 0 Å². The zero-order valence-corrected chi connectivity index (χ0v) is 9.37. The largest absolute Gasteiger partial charge is 0.0619 e. The predicted molar refractivity (Wildman–Crippen MR) is 68.4 cm³/mol. The van der Waals surface area contributed by atoms with Crippen molar-refractivity contribution >= 4 is 0 Å². The van der Waals surface area contributed by atoms with E-state index in [9.17, 15) is 0 Å². The van der Waals surface area contributed by atoms with Crippen LogP contribution in [0, 0.1) is 6.92 Å². The zero-order chi connectivity index (χ0) is 11.0. The Balaban J connectivity index is 2.16. The summed E-state index contributed by atoms with van der Waals surface area (Å²) in [5, 5.41) is 0. The monoisotopic (exact) mass is 207 g/mol. The highest BCUT2D eigenvalue weighted by molar-refractivity contribution is 5.77. The van der Waals surface area contributed by atoms with Gasteiger partial charge in [-0.15, -0.1) is 0 Å². The fraction of sp³-hybridized carbons (Fsp3) is 0.188. The Kier molecular flexibility index (Phi) is 2.28. The molecule has 79 valence electrons. The Morgan fingerprint density at radius 3 is 2.62 bits per heavy atom. The maximum absolute atomic E-state index is 3.96. The minimum Gasteiger partial charge on any atom is -0.0619 e. The van der Waals surface area contributed by atoms with Crippen LogP contribution in [0.4, 0.5) is 0 Å². The second kappa shape index (κ2) is 3.79. The van der Waals surface area contributed by atoms with Crippen molar-refractivity contribution in [2.24, 2.45) is 0 Å². The first-order valence-electron chi connectivity index (χ1n) is 5.88. The quantitative estimate of drug-likeness (QED) is 0.595. The van der Waals surface area contributed by atoms with Gasteiger partial charge in [-0.1, -0.05) is 49.4 Å². The van der Waals surface area contributed by atoms with Crippen LogP contribution in [0.15, 0.2) is 42.5 Å². The number of hydrogen-bond donors (Lipinski definition) is 0. The SMILES string of the molecule is [CH2]CCc1cccc2c1Cc1ccccc1-2. The Hall–Kier alpha value is -1.56. The molecule has 1 radical (unpaired) electrons. The molecule has 0 atom stereocenters. The van der Waals surface area contributed by atoms with Crippen LogP contribution in [0.25, 0.3) is 11.1 Å². The van der Waals surface area contributed by atoms with Crippen LogP contribution in [0.5, 0.6) is 0 Å². The van der Waals surface area contributed by atoms with Crippen molar-refractivity contribution in [3.63, 3.8) is 0 Å². The highest BCUT2D eigenvalue weighted by atomic mass is 14.2. The summed E-state index contributed by atoms with van der Waals surface area (Å²) >= 11 is 0. The van der Waals surface area contributed by atoms with Crippen molar-refractivity contribution in [3.8, 4) is 11.1 Å². The molecule has 0 saturated heterocycles. The van der Waals surface area contributed by atoms with Gasteiger partial charge in [0.25, 0.3) is 0 Å². The molecular formula is C16H15. The van der Waals surface area contributed by atoms with Crippen molar-refractivity contribution in [2.75, 3.05) is 0 Å². The van der Waals surface area contributed by atoms with Gasteiger partial charge in [-0.25, -0.2) is 0 Å². The molecule has 2 aromatic carbocycles. The third-order valence-corrected chi connectivity index (χ3v) is 3.39. The van der Waals surface area contributed by atoms with Crippen molar-refractivity contribution in [1.29, 1.82) is 0 Å². The number of fused-ring (bicyclic) bond motifs is 3. The third-order valence-electron chi connectivity index (χ3n) is 3.39. The molecule has 1 aliphatic carbocycles. The lowest BCUT2D eigenvalue weighted by atomic mass is 9.98. The Morgan fingerprint density at radius 2 is 1.75 bits per heavy atom. The van der Waals surface area contributed by atoms with Crippen LogP contribution in [-0.2, 0) is 12.8 Å². The van der Waals surface area contributed by atoms with Crippen LogP contribution < -0.4 is 0 Å². The van der Waals surface area contributed by atoms with Gasteiger partial charge in [0.05, 0.1) is 0 Å². The van der Waals surface area contributed by atoms with Gasteiger partial charge in [0.2, 0.25) is 0 Å². The minimum atomic E-state index is 0.979. The van der Waals surface area contributed by atoms with E-state index < -0.39 is 0 Å². The normalized spacial score (nSPS) is 12.3. The first-order valence-corrected chi connectivity index (χ1v) is 5.88. The van der Waals surface area contributed by atoms with Crippen LogP contribution in [-0.4, -0.2) is 0 Å². The van der Waals surface area contributed by atoms with Crippen molar-refractivity contribution in [2.45, 2.75) is 19.3 Å². The molecular weight excluding hydrogens is 192 g/mol. The van der Waals surface area contributed by atoms with Gasteiger partial charge in [0, 0.05) is 0 Å². The number of benzene rings is 2. The van der Waals surface area contributed by atoms with E-state index >= 15 is 0 Å². The average molecular weight is 207 g/mol. The summed E-state index contributed by atoms with van der Waals surface area (Å²) < 4.78 is 0. The summed E-state index contributed by atoms with van der Waals surface area (Å²) in [6, 6.07) is 15.4. The van der Waals surface area contributed by atoms with E-state index in [1.165, 1.54) is 27.8 Å². The molecule has 0 spiro atoms. The van der Waals surface area contributed by atoms with E-state index in [1.54, 1.807) is 0 Å². The topological polar surface area (TPSA) is 0 Å². The molecule has 0 fully saturated rings. The van der Waals surface area contributed by atoms with Gasteiger partial charge < -0.3 is 0 Å². The second-order valence-electron chi connectivity index (χ2n) is 4.38. The molecule has 0 bridgehead atoms. The fourth-order valence-electron chi connectivity index (χ4n) is 2.65. The van der Waals surface area contributed by atoms with Crippen molar-refractivity contribution in [3.05, 3.63) is 66.1 Å². The van der Waals surface area contributed by atoms with E-state index in [0.29, 0.717) is 0 Å². The summed E-state index contributed by atoms with van der Waals surface area (Å²) in [4.78, 5) is 0. The van der Waals surface area contributed by atoms with Gasteiger partial charge in [-0.3, -0.25) is 0 Å². The molecule has 0 heterocycles. The van der Waals surface area contributed by atoms with E-state index in [2.05, 4.69) is 49.4 Å². The summed E-state index contributed by atoms with van der Waals surface area (Å²) in [7, 11) is 0. The second-order valence-corrected chi connectivity index (χ2v) is 4.38. The zero-order valence-electron chi connectivity index (χ0n) is 9.37. The van der Waals surface area contributed by atoms with Crippen LogP contribution in [0.1, 0.15) is 23.1 Å². The van der Waals surface area contributed by atoms with Gasteiger partial charge >= 0.3 is 0 Å². The maximum Gasteiger partial charge on any atom is -0.00107 e. The highest BCUT2D eigenvalue weighted by Gasteiger charge is 2.19. The highest BCUT2D eigenvalue weighted by Crippen LogP contribution is 2.38. The molecule has 2 aromatic rings. The van der Waals surface area contributed by atoms with Gasteiger partial charge in [0.1, 0.15) is 0 Å². The van der Waals surface area contributed by atoms with Gasteiger partial charge in [-0.05, 0) is 47.1 Å². The molecule has 0 nitrogen and oxygen atoms in total. The minimum absolute atomic E-state index is 0.979. The molecule has 0 aromatic heterocycles. The molecule has 0 heteroatoms. The predicted octanol–water partition coefficient (Wildman–Crippen LogP) is 4.02. The lowest BCUT2D eigenvalue weighted by Gasteiger charge is -2.06. The number of hydrogen-bond acceptors (Lipinski definition) is 0. The van der Waals surface area contributed by atoms with Gasteiger partial charge in [0.15, 0.2) is 0 Å².